The Morgan fingerprint density at radius 2 is 1.33 bits per heavy atom. The Bertz CT molecular complexity index is 808. The lowest BCUT2D eigenvalue weighted by molar-refractivity contribution is 0.837. The number of aliphatic imine (C=N–C) groups is 1. The molecule has 2 nitrogen and oxygen atoms in total. The van der Waals surface area contributed by atoms with E-state index in [1.807, 2.05) is 0 Å². The van der Waals surface area contributed by atoms with Gasteiger partial charge in [0.2, 0.25) is 0 Å². The number of hydrogen-bond acceptors (Lipinski definition) is 2. The quantitative estimate of drug-likeness (QED) is 0.524. The zero-order valence-corrected chi connectivity index (χ0v) is 18.1. The lowest BCUT2D eigenvalue weighted by Crippen LogP contribution is -2.07. The predicted molar refractivity (Wildman–Crippen MR) is 121 cm³/mol. The van der Waals surface area contributed by atoms with Gasteiger partial charge in [0.15, 0.2) is 0 Å². The molecule has 0 fully saturated rings. The molecule has 0 heterocycles. The fourth-order valence-electron chi connectivity index (χ4n) is 3.43. The van der Waals surface area contributed by atoms with E-state index in [9.17, 15) is 0 Å². The Morgan fingerprint density at radius 1 is 0.852 bits per heavy atom. The Labute approximate surface area is 165 Å². The molecule has 2 aromatic carbocycles. The van der Waals surface area contributed by atoms with Crippen molar-refractivity contribution in [1.29, 1.82) is 0 Å². The van der Waals surface area contributed by atoms with E-state index in [0.717, 1.165) is 17.1 Å². The minimum Gasteiger partial charge on any atom is -0.359 e. The van der Waals surface area contributed by atoms with Crippen molar-refractivity contribution < 1.29 is 0 Å². The third kappa shape index (κ3) is 5.32. The molecule has 2 rings (SSSR count). The molecule has 2 aromatic rings. The summed E-state index contributed by atoms with van der Waals surface area (Å²) in [5.74, 6) is 0.951. The van der Waals surface area contributed by atoms with Crippen LogP contribution in [0.15, 0.2) is 53.2 Å². The average Bonchev–Trinajstić information content (AvgIpc) is 2.57. The minimum atomic E-state index is 0.475. The molecule has 0 amide bonds. The largest absolute Gasteiger partial charge is 0.359 e. The van der Waals surface area contributed by atoms with Gasteiger partial charge >= 0.3 is 0 Å². The number of aryl methyl sites for hydroxylation is 2. The molecule has 0 radical (unpaired) electrons. The summed E-state index contributed by atoms with van der Waals surface area (Å²) in [6.45, 7) is 17.4. The van der Waals surface area contributed by atoms with Crippen LogP contribution in [0.2, 0.25) is 0 Å². The second-order valence-electron chi connectivity index (χ2n) is 8.07. The molecule has 0 saturated carbocycles. The maximum absolute atomic E-state index is 4.86. The van der Waals surface area contributed by atoms with Crippen LogP contribution in [-0.4, -0.2) is 5.71 Å². The van der Waals surface area contributed by atoms with E-state index in [4.69, 9.17) is 4.99 Å². The average molecular weight is 363 g/mol. The Kier molecular flexibility index (Phi) is 7.01. The molecule has 0 atom stereocenters. The molecule has 0 aliphatic carbocycles. The first-order chi connectivity index (χ1) is 12.7. The lowest BCUT2D eigenvalue weighted by Gasteiger charge is -2.21. The fourth-order valence-corrected chi connectivity index (χ4v) is 3.43. The van der Waals surface area contributed by atoms with Crippen LogP contribution in [0.3, 0.4) is 0 Å². The van der Waals surface area contributed by atoms with Crippen molar-refractivity contribution in [1.82, 2.24) is 0 Å². The SMILES string of the molecule is CC(/C=C(/C)Nc1c(C(C)C)cccc1C(C)C)=Nc1c(C)cccc1C. The van der Waals surface area contributed by atoms with E-state index in [1.54, 1.807) is 0 Å². The van der Waals surface area contributed by atoms with Crippen LogP contribution in [0.1, 0.15) is 75.6 Å². The highest BCUT2D eigenvalue weighted by molar-refractivity contribution is 5.96. The molecule has 2 heteroatoms. The monoisotopic (exact) mass is 362 g/mol. The Balaban J connectivity index is 2.37. The molecule has 0 bridgehead atoms. The fraction of sp³-hybridized carbons (Fsp3) is 0.400. The number of nitrogens with one attached hydrogen (secondary N) is 1. The van der Waals surface area contributed by atoms with Gasteiger partial charge in [-0.3, -0.25) is 4.99 Å². The van der Waals surface area contributed by atoms with Crippen molar-refractivity contribution in [2.24, 2.45) is 4.99 Å². The number of allylic oxidation sites excluding steroid dienone is 2. The van der Waals surface area contributed by atoms with Crippen molar-refractivity contribution in [3.63, 3.8) is 0 Å². The third-order valence-corrected chi connectivity index (χ3v) is 4.85. The van der Waals surface area contributed by atoms with Gasteiger partial charge in [0, 0.05) is 17.1 Å². The number of benzene rings is 2. The number of nitrogens with zero attached hydrogens (tertiary/aromatic N) is 1. The second-order valence-corrected chi connectivity index (χ2v) is 8.07. The van der Waals surface area contributed by atoms with Crippen molar-refractivity contribution in [2.75, 3.05) is 5.32 Å². The van der Waals surface area contributed by atoms with Crippen LogP contribution in [0, 0.1) is 13.8 Å². The normalized spacial score (nSPS) is 12.8. The molecule has 1 N–H and O–H groups in total. The summed E-state index contributed by atoms with van der Waals surface area (Å²) in [6, 6.07) is 12.9. The van der Waals surface area contributed by atoms with Crippen LogP contribution in [0.4, 0.5) is 11.4 Å². The van der Waals surface area contributed by atoms with E-state index in [-0.39, 0.29) is 0 Å². The van der Waals surface area contributed by atoms with E-state index in [0.29, 0.717) is 11.8 Å². The maximum Gasteiger partial charge on any atom is 0.0691 e. The van der Waals surface area contributed by atoms with Gasteiger partial charge in [-0.1, -0.05) is 64.1 Å². The van der Waals surface area contributed by atoms with Crippen molar-refractivity contribution in [3.8, 4) is 0 Å². The first-order valence-corrected chi connectivity index (χ1v) is 9.90. The second kappa shape index (κ2) is 9.03. The Hall–Kier alpha value is -2.35. The van der Waals surface area contributed by atoms with E-state index >= 15 is 0 Å². The molecular formula is C25H34N2. The smallest absolute Gasteiger partial charge is 0.0691 e. The predicted octanol–water partition coefficient (Wildman–Crippen LogP) is 7.66. The van der Waals surface area contributed by atoms with Gasteiger partial charge in [-0.05, 0) is 67.9 Å². The zero-order valence-electron chi connectivity index (χ0n) is 18.1. The molecule has 0 unspecified atom stereocenters. The van der Waals surface area contributed by atoms with Gasteiger partial charge in [-0.25, -0.2) is 0 Å². The summed E-state index contributed by atoms with van der Waals surface area (Å²) in [7, 11) is 0. The molecule has 0 saturated heterocycles. The van der Waals surface area contributed by atoms with Crippen LogP contribution >= 0.6 is 0 Å². The summed E-state index contributed by atoms with van der Waals surface area (Å²) in [6.07, 6.45) is 2.13. The standard InChI is InChI=1S/C25H34N2/c1-16(2)22-13-10-14-23(17(3)4)25(22)27-21(8)15-20(7)26-24-18(5)11-9-12-19(24)6/h9-17,27H,1-8H3/b21-15-,26-20?. The highest BCUT2D eigenvalue weighted by Gasteiger charge is 2.13. The van der Waals surface area contributed by atoms with Gasteiger partial charge < -0.3 is 5.32 Å². The Morgan fingerprint density at radius 3 is 1.81 bits per heavy atom. The first-order valence-electron chi connectivity index (χ1n) is 9.90. The van der Waals surface area contributed by atoms with E-state index in [2.05, 4.69) is 103 Å². The summed E-state index contributed by atoms with van der Waals surface area (Å²) in [5.41, 5.74) is 9.57. The molecule has 0 aliphatic heterocycles. The molecule has 0 spiro atoms. The highest BCUT2D eigenvalue weighted by atomic mass is 14.9. The van der Waals surface area contributed by atoms with Gasteiger partial charge in [-0.15, -0.1) is 0 Å². The van der Waals surface area contributed by atoms with Crippen LogP contribution in [-0.2, 0) is 0 Å². The number of para-hydroxylation sites is 2. The van der Waals surface area contributed by atoms with Crippen molar-refractivity contribution in [3.05, 3.63) is 70.4 Å². The van der Waals surface area contributed by atoms with Crippen LogP contribution in [0.5, 0.6) is 0 Å². The summed E-state index contributed by atoms with van der Waals surface area (Å²) >= 11 is 0. The van der Waals surface area contributed by atoms with Gasteiger partial charge in [0.05, 0.1) is 5.69 Å². The lowest BCUT2D eigenvalue weighted by atomic mass is 9.92. The summed E-state index contributed by atoms with van der Waals surface area (Å²) < 4.78 is 0. The number of hydrogen-bond donors (Lipinski definition) is 1. The van der Waals surface area contributed by atoms with E-state index in [1.165, 1.54) is 27.9 Å². The maximum atomic E-state index is 4.86. The third-order valence-electron chi connectivity index (χ3n) is 4.85. The van der Waals surface area contributed by atoms with Crippen LogP contribution in [0.25, 0.3) is 0 Å². The van der Waals surface area contributed by atoms with Gasteiger partial charge in [0.1, 0.15) is 0 Å². The molecule has 0 aromatic heterocycles. The molecule has 27 heavy (non-hydrogen) atoms. The zero-order chi connectivity index (χ0) is 20.1. The molecule has 144 valence electrons. The van der Waals surface area contributed by atoms with Crippen molar-refractivity contribution in [2.45, 2.75) is 67.2 Å². The molecular weight excluding hydrogens is 328 g/mol. The van der Waals surface area contributed by atoms with Crippen molar-refractivity contribution >= 4 is 17.1 Å². The number of anilines is 1. The summed E-state index contributed by atoms with van der Waals surface area (Å²) in [4.78, 5) is 4.86. The van der Waals surface area contributed by atoms with Gasteiger partial charge in [-0.2, -0.15) is 0 Å². The number of rotatable bonds is 6. The summed E-state index contributed by atoms with van der Waals surface area (Å²) in [5, 5.41) is 3.67. The highest BCUT2D eigenvalue weighted by Crippen LogP contribution is 2.33. The van der Waals surface area contributed by atoms with Crippen LogP contribution < -0.4 is 5.32 Å². The van der Waals surface area contributed by atoms with Gasteiger partial charge in [0.25, 0.3) is 0 Å². The topological polar surface area (TPSA) is 24.4 Å². The van der Waals surface area contributed by atoms with E-state index < -0.39 is 0 Å². The first kappa shape index (κ1) is 21.0. The molecule has 0 aliphatic rings. The minimum absolute atomic E-state index is 0.475.